The van der Waals surface area contributed by atoms with Crippen molar-refractivity contribution in [1.82, 2.24) is 19.5 Å². The van der Waals surface area contributed by atoms with Crippen LogP contribution in [0.1, 0.15) is 0 Å². The highest BCUT2D eigenvalue weighted by Crippen LogP contribution is 2.25. The molecule has 3 aromatic rings. The molecule has 1 saturated heterocycles. The van der Waals surface area contributed by atoms with E-state index in [0.717, 1.165) is 22.5 Å². The Morgan fingerprint density at radius 3 is 2.10 bits per heavy atom. The van der Waals surface area contributed by atoms with Crippen LogP contribution in [0.2, 0.25) is 0 Å². The Balaban J connectivity index is 1.47. The van der Waals surface area contributed by atoms with Gasteiger partial charge in [-0.25, -0.2) is 17.2 Å². The molecule has 0 N–H and O–H groups in total. The third-order valence-electron chi connectivity index (χ3n) is 4.66. The third-order valence-corrected chi connectivity index (χ3v) is 6.61. The second-order valence-corrected chi connectivity index (χ2v) is 8.31. The average Bonchev–Trinajstić information content (AvgIpc) is 2.74. The van der Waals surface area contributed by atoms with E-state index in [-0.39, 0.29) is 13.1 Å². The number of aromatic nitrogens is 3. The lowest BCUT2D eigenvalue weighted by Gasteiger charge is -2.34. The maximum Gasteiger partial charge on any atom is 0.249 e. The molecule has 0 atom stereocenters. The summed E-state index contributed by atoms with van der Waals surface area (Å²) >= 11 is 0. The van der Waals surface area contributed by atoms with Crippen molar-refractivity contribution in [2.24, 2.45) is 0 Å². The number of halogens is 2. The Hall–Kier alpha value is -2.98. The summed E-state index contributed by atoms with van der Waals surface area (Å²) in [6.07, 6.45) is 1.67. The zero-order chi connectivity index (χ0) is 20.4. The van der Waals surface area contributed by atoms with Crippen LogP contribution in [0.5, 0.6) is 0 Å². The van der Waals surface area contributed by atoms with Crippen LogP contribution in [-0.2, 0) is 10.0 Å². The summed E-state index contributed by atoms with van der Waals surface area (Å²) in [5.74, 6) is -1.59. The molecule has 0 spiro atoms. The minimum atomic E-state index is -4.26. The molecule has 1 aromatic carbocycles. The van der Waals surface area contributed by atoms with Crippen molar-refractivity contribution in [3.63, 3.8) is 0 Å². The normalized spacial score (nSPS) is 15.4. The van der Waals surface area contributed by atoms with Gasteiger partial charge in [0.1, 0.15) is 17.3 Å². The molecular formula is C19H17F2N5O2S. The van der Waals surface area contributed by atoms with Gasteiger partial charge in [0, 0.05) is 32.4 Å². The fourth-order valence-corrected chi connectivity index (χ4v) is 4.69. The lowest BCUT2D eigenvalue weighted by Crippen LogP contribution is -2.49. The molecule has 1 fully saturated rings. The fourth-order valence-electron chi connectivity index (χ4n) is 3.16. The number of rotatable bonds is 4. The molecule has 0 saturated carbocycles. The van der Waals surface area contributed by atoms with E-state index < -0.39 is 26.6 Å². The van der Waals surface area contributed by atoms with Crippen LogP contribution < -0.4 is 4.90 Å². The molecule has 1 aliphatic heterocycles. The van der Waals surface area contributed by atoms with Gasteiger partial charge in [-0.05, 0) is 36.4 Å². The quantitative estimate of drug-likeness (QED) is 0.648. The van der Waals surface area contributed by atoms with Crippen molar-refractivity contribution in [1.29, 1.82) is 0 Å². The lowest BCUT2D eigenvalue weighted by molar-refractivity contribution is 0.377. The second-order valence-electron chi connectivity index (χ2n) is 6.43. The number of pyridine rings is 1. The Morgan fingerprint density at radius 2 is 1.52 bits per heavy atom. The number of hydrogen-bond acceptors (Lipinski definition) is 6. The zero-order valence-electron chi connectivity index (χ0n) is 15.2. The Labute approximate surface area is 166 Å². The molecular weight excluding hydrogens is 400 g/mol. The van der Waals surface area contributed by atoms with Gasteiger partial charge in [0.25, 0.3) is 0 Å². The molecule has 7 nitrogen and oxygen atoms in total. The van der Waals surface area contributed by atoms with Gasteiger partial charge in [-0.1, -0.05) is 12.1 Å². The molecule has 2 aromatic heterocycles. The van der Waals surface area contributed by atoms with Crippen LogP contribution in [0, 0.1) is 11.6 Å². The molecule has 150 valence electrons. The van der Waals surface area contributed by atoms with Crippen molar-refractivity contribution in [3.8, 4) is 11.4 Å². The first kappa shape index (κ1) is 19.3. The first-order valence-corrected chi connectivity index (χ1v) is 10.3. The Kier molecular flexibility index (Phi) is 5.20. The summed E-state index contributed by atoms with van der Waals surface area (Å²) in [5.41, 5.74) is 1.33. The van der Waals surface area contributed by atoms with Crippen LogP contribution in [0.3, 0.4) is 0 Å². The first-order valence-electron chi connectivity index (χ1n) is 8.91. The molecule has 29 heavy (non-hydrogen) atoms. The molecule has 4 rings (SSSR count). The average molecular weight is 417 g/mol. The lowest BCUT2D eigenvalue weighted by atomic mass is 10.2. The van der Waals surface area contributed by atoms with Gasteiger partial charge in [0.05, 0.1) is 5.69 Å². The van der Waals surface area contributed by atoms with Crippen LogP contribution in [0.15, 0.2) is 59.6 Å². The first-order chi connectivity index (χ1) is 14.0. The molecule has 0 bridgehead atoms. The summed E-state index contributed by atoms with van der Waals surface area (Å²) in [6, 6.07) is 12.1. The highest BCUT2D eigenvalue weighted by molar-refractivity contribution is 7.89. The number of sulfonamides is 1. The monoisotopic (exact) mass is 417 g/mol. The smallest absolute Gasteiger partial charge is 0.249 e. The van der Waals surface area contributed by atoms with E-state index in [1.165, 1.54) is 0 Å². The predicted octanol–water partition coefficient (Wildman–Crippen LogP) is 2.33. The molecule has 0 amide bonds. The minimum Gasteiger partial charge on any atom is -0.352 e. The number of anilines is 1. The van der Waals surface area contributed by atoms with E-state index in [2.05, 4.69) is 15.2 Å². The maximum absolute atomic E-state index is 13.9. The zero-order valence-corrected chi connectivity index (χ0v) is 16.1. The Bertz CT molecular complexity index is 1080. The van der Waals surface area contributed by atoms with Gasteiger partial charge in [-0.15, -0.1) is 10.2 Å². The maximum atomic E-state index is 13.9. The standard InChI is InChI=1S/C19H17F2N5O2S/c20-14-4-3-5-15(21)19(14)29(27,28)26-12-10-25(11-13-26)18-8-7-17(23-24-18)16-6-1-2-9-22-16/h1-9H,10-13H2. The molecule has 1 aliphatic rings. The van der Waals surface area contributed by atoms with Gasteiger partial charge in [0.2, 0.25) is 10.0 Å². The van der Waals surface area contributed by atoms with Crippen molar-refractivity contribution in [2.75, 3.05) is 31.1 Å². The third kappa shape index (κ3) is 3.81. The van der Waals surface area contributed by atoms with Crippen LogP contribution in [-0.4, -0.2) is 54.1 Å². The fraction of sp³-hybridized carbons (Fsp3) is 0.211. The largest absolute Gasteiger partial charge is 0.352 e. The van der Waals surface area contributed by atoms with E-state index in [1.54, 1.807) is 18.3 Å². The predicted molar refractivity (Wildman–Crippen MR) is 103 cm³/mol. The van der Waals surface area contributed by atoms with E-state index in [1.807, 2.05) is 23.1 Å². The molecule has 10 heteroatoms. The molecule has 0 unspecified atom stereocenters. The van der Waals surface area contributed by atoms with Crippen LogP contribution >= 0.6 is 0 Å². The molecule has 0 aliphatic carbocycles. The number of nitrogens with zero attached hydrogens (tertiary/aromatic N) is 5. The van der Waals surface area contributed by atoms with E-state index in [4.69, 9.17) is 0 Å². The van der Waals surface area contributed by atoms with Gasteiger partial charge in [-0.3, -0.25) is 4.98 Å². The molecule has 0 radical (unpaired) electrons. The Morgan fingerprint density at radius 1 is 0.793 bits per heavy atom. The van der Waals surface area contributed by atoms with Crippen molar-refractivity contribution in [2.45, 2.75) is 4.90 Å². The minimum absolute atomic E-state index is 0.0831. The van der Waals surface area contributed by atoms with E-state index >= 15 is 0 Å². The number of hydrogen-bond donors (Lipinski definition) is 0. The van der Waals surface area contributed by atoms with Crippen molar-refractivity contribution >= 4 is 15.8 Å². The van der Waals surface area contributed by atoms with Crippen LogP contribution in [0.25, 0.3) is 11.4 Å². The second kappa shape index (κ2) is 7.80. The van der Waals surface area contributed by atoms with E-state index in [0.29, 0.717) is 30.3 Å². The van der Waals surface area contributed by atoms with Crippen LogP contribution in [0.4, 0.5) is 14.6 Å². The van der Waals surface area contributed by atoms with Gasteiger partial charge < -0.3 is 4.90 Å². The van der Waals surface area contributed by atoms with Gasteiger partial charge in [-0.2, -0.15) is 4.31 Å². The summed E-state index contributed by atoms with van der Waals surface area (Å²) in [5, 5.41) is 8.38. The summed E-state index contributed by atoms with van der Waals surface area (Å²) in [4.78, 5) is 5.19. The van der Waals surface area contributed by atoms with E-state index in [9.17, 15) is 17.2 Å². The number of piperazine rings is 1. The van der Waals surface area contributed by atoms with Gasteiger partial charge in [0.15, 0.2) is 10.7 Å². The summed E-state index contributed by atoms with van der Waals surface area (Å²) in [6.45, 7) is 0.819. The summed E-state index contributed by atoms with van der Waals surface area (Å²) < 4.78 is 54.3. The SMILES string of the molecule is O=S(=O)(c1c(F)cccc1F)N1CCN(c2ccc(-c3ccccn3)nn2)CC1. The van der Waals surface area contributed by atoms with Gasteiger partial charge >= 0.3 is 0 Å². The molecule has 3 heterocycles. The van der Waals surface area contributed by atoms with Crippen molar-refractivity contribution in [3.05, 3.63) is 66.4 Å². The van der Waals surface area contributed by atoms with Crippen molar-refractivity contribution < 1.29 is 17.2 Å². The highest BCUT2D eigenvalue weighted by Gasteiger charge is 2.33. The summed E-state index contributed by atoms with van der Waals surface area (Å²) in [7, 11) is -4.26. The number of benzene rings is 1. The topological polar surface area (TPSA) is 79.3 Å². The highest BCUT2D eigenvalue weighted by atomic mass is 32.2.